The fourth-order valence-electron chi connectivity index (χ4n) is 1.26. The summed E-state index contributed by atoms with van der Waals surface area (Å²) in [4.78, 5) is 11.6. The third-order valence-corrected chi connectivity index (χ3v) is 2.58. The molecule has 1 rings (SSSR count). The lowest BCUT2D eigenvalue weighted by Gasteiger charge is -2.11. The summed E-state index contributed by atoms with van der Waals surface area (Å²) < 4.78 is 5.47. The van der Waals surface area contributed by atoms with Crippen molar-refractivity contribution in [3.63, 3.8) is 0 Å². The second-order valence-electron chi connectivity index (χ2n) is 3.27. The second kappa shape index (κ2) is 5.20. The maximum atomic E-state index is 11.6. The molecule has 0 spiro atoms. The van der Waals surface area contributed by atoms with Gasteiger partial charge in [0.15, 0.2) is 4.67 Å². The van der Waals surface area contributed by atoms with Crippen LogP contribution in [0.4, 0.5) is 0 Å². The zero-order chi connectivity index (χ0) is 10.6. The number of amides is 1. The number of halogens is 1. The highest BCUT2D eigenvalue weighted by molar-refractivity contribution is 9.10. The van der Waals surface area contributed by atoms with Gasteiger partial charge in [-0.25, -0.2) is 0 Å². The standard InChI is InChI=1S/C10H14BrNO2/c1-3-4-7(2)12-10(13)8-5-6-14-9(8)11/h5-7H,3-4H2,1-2H3,(H,12,13). The molecular formula is C10H14BrNO2. The molecular weight excluding hydrogens is 246 g/mol. The first kappa shape index (κ1) is 11.3. The lowest BCUT2D eigenvalue weighted by atomic mass is 10.2. The van der Waals surface area contributed by atoms with E-state index in [4.69, 9.17) is 4.42 Å². The van der Waals surface area contributed by atoms with Gasteiger partial charge >= 0.3 is 0 Å². The smallest absolute Gasteiger partial charge is 0.255 e. The van der Waals surface area contributed by atoms with Crippen LogP contribution in [0, 0.1) is 0 Å². The van der Waals surface area contributed by atoms with Crippen molar-refractivity contribution in [1.82, 2.24) is 5.32 Å². The van der Waals surface area contributed by atoms with Crippen molar-refractivity contribution in [2.24, 2.45) is 0 Å². The number of rotatable bonds is 4. The average molecular weight is 260 g/mol. The molecule has 0 aliphatic rings. The van der Waals surface area contributed by atoms with Gasteiger partial charge in [-0.3, -0.25) is 4.79 Å². The second-order valence-corrected chi connectivity index (χ2v) is 3.99. The minimum Gasteiger partial charge on any atom is -0.457 e. The summed E-state index contributed by atoms with van der Waals surface area (Å²) in [5.74, 6) is -0.0911. The molecule has 1 aromatic rings. The molecule has 4 heteroatoms. The van der Waals surface area contributed by atoms with E-state index in [-0.39, 0.29) is 11.9 Å². The Hall–Kier alpha value is -0.770. The van der Waals surface area contributed by atoms with E-state index in [1.807, 2.05) is 6.92 Å². The van der Waals surface area contributed by atoms with Crippen molar-refractivity contribution < 1.29 is 9.21 Å². The van der Waals surface area contributed by atoms with Gasteiger partial charge in [-0.1, -0.05) is 13.3 Å². The van der Waals surface area contributed by atoms with Crippen LogP contribution >= 0.6 is 15.9 Å². The molecule has 0 saturated carbocycles. The Kier molecular flexibility index (Phi) is 4.20. The Bertz CT molecular complexity index is 309. The molecule has 0 radical (unpaired) electrons. The van der Waals surface area contributed by atoms with Gasteiger partial charge in [-0.15, -0.1) is 0 Å². The summed E-state index contributed by atoms with van der Waals surface area (Å²) in [6, 6.07) is 1.85. The average Bonchev–Trinajstić information content (AvgIpc) is 2.51. The first-order valence-corrected chi connectivity index (χ1v) is 5.48. The van der Waals surface area contributed by atoms with Crippen molar-refractivity contribution in [1.29, 1.82) is 0 Å². The Balaban J connectivity index is 2.55. The van der Waals surface area contributed by atoms with E-state index < -0.39 is 0 Å². The van der Waals surface area contributed by atoms with Crippen molar-refractivity contribution in [3.05, 3.63) is 22.6 Å². The maximum Gasteiger partial charge on any atom is 0.255 e. The molecule has 0 aromatic carbocycles. The molecule has 0 saturated heterocycles. The number of carbonyl (C=O) groups is 1. The lowest BCUT2D eigenvalue weighted by molar-refractivity contribution is 0.0936. The number of nitrogens with one attached hydrogen (secondary N) is 1. The van der Waals surface area contributed by atoms with E-state index in [1.54, 1.807) is 6.07 Å². The molecule has 0 aliphatic heterocycles. The molecule has 3 nitrogen and oxygen atoms in total. The number of hydrogen-bond donors (Lipinski definition) is 1. The van der Waals surface area contributed by atoms with Crippen LogP contribution in [-0.4, -0.2) is 11.9 Å². The molecule has 0 aliphatic carbocycles. The number of carbonyl (C=O) groups excluding carboxylic acids is 1. The first-order valence-electron chi connectivity index (χ1n) is 4.69. The Labute approximate surface area is 92.0 Å². The monoisotopic (exact) mass is 259 g/mol. The molecule has 1 aromatic heterocycles. The van der Waals surface area contributed by atoms with Crippen LogP contribution in [0.1, 0.15) is 37.0 Å². The van der Waals surface area contributed by atoms with E-state index >= 15 is 0 Å². The van der Waals surface area contributed by atoms with Crippen LogP contribution in [0.2, 0.25) is 0 Å². The summed E-state index contributed by atoms with van der Waals surface area (Å²) in [6.45, 7) is 4.09. The Morgan fingerprint density at radius 2 is 2.43 bits per heavy atom. The molecule has 1 heterocycles. The first-order chi connectivity index (χ1) is 6.65. The normalized spacial score (nSPS) is 12.5. The summed E-state index contributed by atoms with van der Waals surface area (Å²) in [5, 5.41) is 2.90. The van der Waals surface area contributed by atoms with Crippen LogP contribution in [0.25, 0.3) is 0 Å². The molecule has 1 N–H and O–H groups in total. The minimum absolute atomic E-state index is 0.0911. The molecule has 1 amide bonds. The van der Waals surface area contributed by atoms with Gasteiger partial charge in [0.05, 0.1) is 11.8 Å². The van der Waals surface area contributed by atoms with Crippen molar-refractivity contribution >= 4 is 21.8 Å². The Morgan fingerprint density at radius 1 is 1.71 bits per heavy atom. The van der Waals surface area contributed by atoms with E-state index in [9.17, 15) is 4.79 Å². The maximum absolute atomic E-state index is 11.6. The third kappa shape index (κ3) is 2.87. The Morgan fingerprint density at radius 3 is 2.93 bits per heavy atom. The van der Waals surface area contributed by atoms with Gasteiger partial charge in [-0.05, 0) is 35.3 Å². The van der Waals surface area contributed by atoms with E-state index in [1.165, 1.54) is 6.26 Å². The van der Waals surface area contributed by atoms with Gasteiger partial charge in [-0.2, -0.15) is 0 Å². The molecule has 0 bridgehead atoms. The highest BCUT2D eigenvalue weighted by atomic mass is 79.9. The quantitative estimate of drug-likeness (QED) is 0.904. The van der Waals surface area contributed by atoms with Crippen LogP contribution in [0.5, 0.6) is 0 Å². The van der Waals surface area contributed by atoms with Crippen LogP contribution in [0.15, 0.2) is 21.4 Å². The highest BCUT2D eigenvalue weighted by Gasteiger charge is 2.14. The highest BCUT2D eigenvalue weighted by Crippen LogP contribution is 2.17. The fourth-order valence-corrected chi connectivity index (χ4v) is 1.68. The van der Waals surface area contributed by atoms with Crippen LogP contribution < -0.4 is 5.32 Å². The van der Waals surface area contributed by atoms with Gasteiger partial charge in [0.1, 0.15) is 0 Å². The van der Waals surface area contributed by atoms with Crippen molar-refractivity contribution in [3.8, 4) is 0 Å². The van der Waals surface area contributed by atoms with Crippen molar-refractivity contribution in [2.75, 3.05) is 0 Å². The topological polar surface area (TPSA) is 42.2 Å². The molecule has 14 heavy (non-hydrogen) atoms. The zero-order valence-electron chi connectivity index (χ0n) is 8.34. The predicted molar refractivity (Wildman–Crippen MR) is 58.2 cm³/mol. The SMILES string of the molecule is CCCC(C)NC(=O)c1ccoc1Br. The van der Waals surface area contributed by atoms with Gasteiger partial charge < -0.3 is 9.73 Å². The number of hydrogen-bond acceptors (Lipinski definition) is 2. The van der Waals surface area contributed by atoms with Crippen LogP contribution in [0.3, 0.4) is 0 Å². The summed E-state index contributed by atoms with van der Waals surface area (Å²) in [7, 11) is 0. The molecule has 0 fully saturated rings. The molecule has 1 atom stereocenters. The fraction of sp³-hybridized carbons (Fsp3) is 0.500. The third-order valence-electron chi connectivity index (χ3n) is 1.96. The lowest BCUT2D eigenvalue weighted by Crippen LogP contribution is -2.32. The predicted octanol–water partition coefficient (Wildman–Crippen LogP) is 2.96. The number of furan rings is 1. The van der Waals surface area contributed by atoms with Gasteiger partial charge in [0.2, 0.25) is 0 Å². The largest absolute Gasteiger partial charge is 0.457 e. The van der Waals surface area contributed by atoms with E-state index in [0.29, 0.717) is 10.2 Å². The zero-order valence-corrected chi connectivity index (χ0v) is 9.93. The van der Waals surface area contributed by atoms with E-state index in [0.717, 1.165) is 12.8 Å². The van der Waals surface area contributed by atoms with Gasteiger partial charge in [0, 0.05) is 6.04 Å². The summed E-state index contributed by atoms with van der Waals surface area (Å²) >= 11 is 3.17. The van der Waals surface area contributed by atoms with Crippen LogP contribution in [-0.2, 0) is 0 Å². The molecule has 78 valence electrons. The summed E-state index contributed by atoms with van der Waals surface area (Å²) in [5.41, 5.74) is 0.549. The molecule has 1 unspecified atom stereocenters. The van der Waals surface area contributed by atoms with E-state index in [2.05, 4.69) is 28.2 Å². The van der Waals surface area contributed by atoms with Gasteiger partial charge in [0.25, 0.3) is 5.91 Å². The van der Waals surface area contributed by atoms with Crippen molar-refractivity contribution in [2.45, 2.75) is 32.7 Å². The minimum atomic E-state index is -0.0911. The summed E-state index contributed by atoms with van der Waals surface area (Å²) in [6.07, 6.45) is 3.54.